The zero-order chi connectivity index (χ0) is 17.9. The standard InChI is InChI=1S/C18H28FN3O2/c1-11(2)17(20)18(24)21-12(3)15-10-13(19)4-5-16(15)22-8-6-14(23)7-9-22/h4-5,10-12,14,17,23H,6-9,20H2,1-3H3,(H,21,24)/t12-,17+/m1/s1. The SMILES string of the molecule is CC(C)[C@H](N)C(=O)N[C@H](C)c1cc(F)ccc1N1CCC(O)CC1. The van der Waals surface area contributed by atoms with E-state index >= 15 is 0 Å². The molecule has 4 N–H and O–H groups in total. The molecule has 0 aliphatic carbocycles. The number of anilines is 1. The van der Waals surface area contributed by atoms with Crippen molar-refractivity contribution < 1.29 is 14.3 Å². The summed E-state index contributed by atoms with van der Waals surface area (Å²) in [7, 11) is 0. The molecule has 0 unspecified atom stereocenters. The highest BCUT2D eigenvalue weighted by Gasteiger charge is 2.24. The van der Waals surface area contributed by atoms with Gasteiger partial charge in [-0.05, 0) is 43.9 Å². The summed E-state index contributed by atoms with van der Waals surface area (Å²) >= 11 is 0. The number of aliphatic hydroxyl groups excluding tert-OH is 1. The predicted molar refractivity (Wildman–Crippen MR) is 93.2 cm³/mol. The first-order chi connectivity index (χ1) is 11.3. The molecule has 2 rings (SSSR count). The van der Waals surface area contributed by atoms with Crippen molar-refractivity contribution in [1.29, 1.82) is 0 Å². The molecule has 0 saturated carbocycles. The molecule has 0 aromatic heterocycles. The molecule has 1 aromatic carbocycles. The molecule has 1 heterocycles. The highest BCUT2D eigenvalue weighted by Crippen LogP contribution is 2.29. The molecule has 1 fully saturated rings. The number of nitrogens with one attached hydrogen (secondary N) is 1. The number of hydrogen-bond donors (Lipinski definition) is 3. The number of aliphatic hydroxyl groups is 1. The van der Waals surface area contributed by atoms with Gasteiger partial charge in [-0.15, -0.1) is 0 Å². The van der Waals surface area contributed by atoms with Crippen molar-refractivity contribution in [3.63, 3.8) is 0 Å². The molecule has 0 spiro atoms. The average molecular weight is 337 g/mol. The van der Waals surface area contributed by atoms with Crippen molar-refractivity contribution in [3.05, 3.63) is 29.6 Å². The number of nitrogens with zero attached hydrogens (tertiary/aromatic N) is 1. The van der Waals surface area contributed by atoms with E-state index in [1.807, 2.05) is 20.8 Å². The van der Waals surface area contributed by atoms with E-state index in [1.165, 1.54) is 12.1 Å². The minimum absolute atomic E-state index is 0.0350. The van der Waals surface area contributed by atoms with Crippen LogP contribution in [0.1, 0.15) is 45.2 Å². The molecular weight excluding hydrogens is 309 g/mol. The molecule has 0 radical (unpaired) electrons. The maximum Gasteiger partial charge on any atom is 0.237 e. The summed E-state index contributed by atoms with van der Waals surface area (Å²) < 4.78 is 13.8. The average Bonchev–Trinajstić information content (AvgIpc) is 2.54. The van der Waals surface area contributed by atoms with Crippen molar-refractivity contribution >= 4 is 11.6 Å². The fourth-order valence-corrected chi connectivity index (χ4v) is 2.96. The summed E-state index contributed by atoms with van der Waals surface area (Å²) in [6, 6.07) is 3.70. The maximum absolute atomic E-state index is 13.8. The molecule has 1 aliphatic heterocycles. The Bertz CT molecular complexity index is 571. The van der Waals surface area contributed by atoms with Gasteiger partial charge in [0, 0.05) is 24.3 Å². The fourth-order valence-electron chi connectivity index (χ4n) is 2.96. The third-order valence-electron chi connectivity index (χ3n) is 4.64. The maximum atomic E-state index is 13.8. The molecule has 2 atom stereocenters. The molecule has 1 amide bonds. The molecule has 1 saturated heterocycles. The Morgan fingerprint density at radius 2 is 1.96 bits per heavy atom. The van der Waals surface area contributed by atoms with E-state index in [4.69, 9.17) is 5.73 Å². The first kappa shape index (κ1) is 18.7. The number of amides is 1. The monoisotopic (exact) mass is 337 g/mol. The first-order valence-corrected chi connectivity index (χ1v) is 8.58. The van der Waals surface area contributed by atoms with E-state index in [-0.39, 0.29) is 29.8 Å². The van der Waals surface area contributed by atoms with Gasteiger partial charge in [0.25, 0.3) is 0 Å². The quantitative estimate of drug-likeness (QED) is 0.767. The van der Waals surface area contributed by atoms with Crippen molar-refractivity contribution in [3.8, 4) is 0 Å². The second kappa shape index (κ2) is 7.94. The van der Waals surface area contributed by atoms with Crippen LogP contribution in [0.5, 0.6) is 0 Å². The highest BCUT2D eigenvalue weighted by molar-refractivity contribution is 5.82. The Balaban J connectivity index is 2.19. The lowest BCUT2D eigenvalue weighted by molar-refractivity contribution is -0.123. The van der Waals surface area contributed by atoms with Gasteiger partial charge >= 0.3 is 0 Å². The van der Waals surface area contributed by atoms with Gasteiger partial charge in [-0.1, -0.05) is 13.8 Å². The van der Waals surface area contributed by atoms with Crippen LogP contribution in [-0.2, 0) is 4.79 Å². The molecular formula is C18H28FN3O2. The topological polar surface area (TPSA) is 78.6 Å². The number of carbonyl (C=O) groups excluding carboxylic acids is 1. The molecule has 1 aliphatic rings. The van der Waals surface area contributed by atoms with Crippen LogP contribution < -0.4 is 16.0 Å². The number of carbonyl (C=O) groups is 1. The second-order valence-corrected chi connectivity index (χ2v) is 6.92. The van der Waals surface area contributed by atoms with Crippen LogP contribution in [0, 0.1) is 11.7 Å². The van der Waals surface area contributed by atoms with E-state index in [0.29, 0.717) is 25.9 Å². The van der Waals surface area contributed by atoms with Crippen molar-refractivity contribution in [2.24, 2.45) is 11.7 Å². The number of rotatable bonds is 5. The van der Waals surface area contributed by atoms with Crippen molar-refractivity contribution in [2.45, 2.75) is 51.8 Å². The zero-order valence-electron chi connectivity index (χ0n) is 14.6. The van der Waals surface area contributed by atoms with Crippen LogP contribution in [0.15, 0.2) is 18.2 Å². The Labute approximate surface area is 143 Å². The summed E-state index contributed by atoms with van der Waals surface area (Å²) in [4.78, 5) is 14.3. The third kappa shape index (κ3) is 4.45. The Kier molecular flexibility index (Phi) is 6.18. The minimum Gasteiger partial charge on any atom is -0.393 e. The Morgan fingerprint density at radius 1 is 1.33 bits per heavy atom. The van der Waals surface area contributed by atoms with E-state index in [2.05, 4.69) is 10.2 Å². The van der Waals surface area contributed by atoms with Crippen LogP contribution in [0.3, 0.4) is 0 Å². The van der Waals surface area contributed by atoms with Crippen LogP contribution >= 0.6 is 0 Å². The predicted octanol–water partition coefficient (Wildman–Crippen LogP) is 1.95. The number of benzene rings is 1. The smallest absolute Gasteiger partial charge is 0.237 e. The van der Waals surface area contributed by atoms with Gasteiger partial charge in [0.15, 0.2) is 0 Å². The second-order valence-electron chi connectivity index (χ2n) is 6.92. The van der Waals surface area contributed by atoms with Gasteiger partial charge in [-0.3, -0.25) is 4.79 Å². The van der Waals surface area contributed by atoms with Crippen LogP contribution in [0.4, 0.5) is 10.1 Å². The minimum atomic E-state index is -0.588. The summed E-state index contributed by atoms with van der Waals surface area (Å²) in [6.07, 6.45) is 1.11. The number of halogens is 1. The molecule has 1 aromatic rings. The van der Waals surface area contributed by atoms with Gasteiger partial charge in [0.1, 0.15) is 5.82 Å². The molecule has 5 nitrogen and oxygen atoms in total. The first-order valence-electron chi connectivity index (χ1n) is 8.58. The number of hydrogen-bond acceptors (Lipinski definition) is 4. The van der Waals surface area contributed by atoms with Crippen molar-refractivity contribution in [1.82, 2.24) is 5.32 Å². The molecule has 0 bridgehead atoms. The largest absolute Gasteiger partial charge is 0.393 e. The molecule has 24 heavy (non-hydrogen) atoms. The van der Waals surface area contributed by atoms with Gasteiger partial charge in [-0.25, -0.2) is 4.39 Å². The van der Waals surface area contributed by atoms with Gasteiger partial charge in [0.05, 0.1) is 18.2 Å². The van der Waals surface area contributed by atoms with Crippen molar-refractivity contribution in [2.75, 3.05) is 18.0 Å². The van der Waals surface area contributed by atoms with E-state index in [9.17, 15) is 14.3 Å². The lowest BCUT2D eigenvalue weighted by Crippen LogP contribution is -2.45. The Hall–Kier alpha value is -1.66. The Morgan fingerprint density at radius 3 is 2.54 bits per heavy atom. The summed E-state index contributed by atoms with van der Waals surface area (Å²) in [5, 5.41) is 12.6. The van der Waals surface area contributed by atoms with E-state index in [1.54, 1.807) is 6.07 Å². The highest BCUT2D eigenvalue weighted by atomic mass is 19.1. The lowest BCUT2D eigenvalue weighted by atomic mass is 10.00. The molecule has 134 valence electrons. The zero-order valence-corrected chi connectivity index (χ0v) is 14.6. The molecule has 6 heteroatoms. The number of nitrogens with two attached hydrogens (primary N) is 1. The fraction of sp³-hybridized carbons (Fsp3) is 0.611. The normalized spacial score (nSPS) is 18.5. The summed E-state index contributed by atoms with van der Waals surface area (Å²) in [5.41, 5.74) is 7.52. The third-order valence-corrected chi connectivity index (χ3v) is 4.64. The van der Waals surface area contributed by atoms with Crippen LogP contribution in [0.25, 0.3) is 0 Å². The van der Waals surface area contributed by atoms with Crippen LogP contribution in [-0.4, -0.2) is 36.2 Å². The van der Waals surface area contributed by atoms with E-state index < -0.39 is 6.04 Å². The van der Waals surface area contributed by atoms with Gasteiger partial charge in [-0.2, -0.15) is 0 Å². The lowest BCUT2D eigenvalue weighted by Gasteiger charge is -2.34. The number of piperidine rings is 1. The summed E-state index contributed by atoms with van der Waals surface area (Å²) in [6.45, 7) is 7.04. The summed E-state index contributed by atoms with van der Waals surface area (Å²) in [5.74, 6) is -0.533. The van der Waals surface area contributed by atoms with Gasteiger partial charge < -0.3 is 21.1 Å². The van der Waals surface area contributed by atoms with Crippen LogP contribution in [0.2, 0.25) is 0 Å². The van der Waals surface area contributed by atoms with E-state index in [0.717, 1.165) is 11.3 Å². The van der Waals surface area contributed by atoms with Gasteiger partial charge in [0.2, 0.25) is 5.91 Å².